The van der Waals surface area contributed by atoms with Gasteiger partial charge in [0, 0.05) is 30.0 Å². The van der Waals surface area contributed by atoms with Crippen molar-refractivity contribution in [2.75, 3.05) is 11.5 Å². The summed E-state index contributed by atoms with van der Waals surface area (Å²) in [6.45, 7) is 0. The van der Waals surface area contributed by atoms with Crippen LogP contribution >= 0.6 is 11.8 Å². The van der Waals surface area contributed by atoms with Gasteiger partial charge in [-0.2, -0.15) is 38.1 Å². The zero-order chi connectivity index (χ0) is 21.9. The minimum absolute atomic E-state index is 0.0318. The van der Waals surface area contributed by atoms with E-state index in [1.165, 1.54) is 6.20 Å². The fourth-order valence-corrected chi connectivity index (χ4v) is 3.84. The van der Waals surface area contributed by atoms with E-state index < -0.39 is 35.0 Å². The Kier molecular flexibility index (Phi) is 6.41. The fourth-order valence-electron chi connectivity index (χ4n) is 2.64. The van der Waals surface area contributed by atoms with Crippen molar-refractivity contribution in [2.45, 2.75) is 24.8 Å². The molecule has 1 fully saturated rings. The van der Waals surface area contributed by atoms with Crippen LogP contribution in [0.5, 0.6) is 0 Å². The number of hydrogen-bond acceptors (Lipinski definition) is 4. The Morgan fingerprint density at radius 1 is 1.17 bits per heavy atom. The molecule has 1 aliphatic rings. The van der Waals surface area contributed by atoms with E-state index >= 15 is 0 Å². The molecule has 1 amide bonds. The maximum absolute atomic E-state index is 13.0. The van der Waals surface area contributed by atoms with E-state index in [-0.39, 0.29) is 17.9 Å². The number of nitrogens with two attached hydrogens (primary N) is 1. The molecule has 1 aromatic carbocycles. The molecule has 6 nitrogen and oxygen atoms in total. The number of carbonyl (C=O) groups is 1. The Labute approximate surface area is 170 Å². The Bertz CT molecular complexity index is 901. The molecule has 2 aromatic rings. The van der Waals surface area contributed by atoms with Crippen LogP contribution in [0, 0.1) is 0 Å². The molecule has 0 spiro atoms. The maximum Gasteiger partial charge on any atom is 0.416 e. The molecule has 0 bridgehead atoms. The summed E-state index contributed by atoms with van der Waals surface area (Å²) in [6, 6.07) is 1.40. The minimum atomic E-state index is -4.97. The van der Waals surface area contributed by atoms with Crippen LogP contribution in [-0.4, -0.2) is 38.2 Å². The number of thioether (sulfide) groups is 1. The second-order valence-electron chi connectivity index (χ2n) is 6.46. The van der Waals surface area contributed by atoms with Gasteiger partial charge in [-0.15, -0.1) is 5.10 Å². The molecule has 1 unspecified atom stereocenters. The average Bonchev–Trinajstić information content (AvgIpc) is 3.35. The molecule has 1 saturated heterocycles. The molecule has 1 atom stereocenters. The Balaban J connectivity index is 1.75. The van der Waals surface area contributed by atoms with E-state index in [0.29, 0.717) is 12.1 Å². The Morgan fingerprint density at radius 3 is 2.40 bits per heavy atom. The van der Waals surface area contributed by atoms with Gasteiger partial charge in [0.05, 0.1) is 11.1 Å². The molecule has 1 aromatic heterocycles. The van der Waals surface area contributed by atoms with Crippen LogP contribution in [0.2, 0.25) is 0 Å². The minimum Gasteiger partial charge on any atom is -0.265 e. The van der Waals surface area contributed by atoms with Crippen LogP contribution in [0.25, 0.3) is 17.6 Å². The molecular weight excluding hydrogens is 436 g/mol. The highest BCUT2D eigenvalue weighted by Crippen LogP contribution is 2.38. The number of quaternary nitrogens is 1. The molecule has 3 N–H and O–H groups in total. The summed E-state index contributed by atoms with van der Waals surface area (Å²) in [5.74, 6) is 1.17. The lowest BCUT2D eigenvalue weighted by Crippen LogP contribution is -2.99. The predicted molar refractivity (Wildman–Crippen MR) is 96.6 cm³/mol. The first-order valence-electron chi connectivity index (χ1n) is 8.63. The number of amides is 1. The number of nitrogens with one attached hydrogen (secondary N) is 1. The van der Waals surface area contributed by atoms with Crippen LogP contribution in [-0.2, 0) is 17.1 Å². The van der Waals surface area contributed by atoms with Crippen molar-refractivity contribution in [1.29, 1.82) is 0 Å². The average molecular weight is 452 g/mol. The molecule has 3 rings (SSSR count). The summed E-state index contributed by atoms with van der Waals surface area (Å²) in [7, 11) is 0. The number of alkyl halides is 6. The topological polar surface area (TPSA) is 76.4 Å². The van der Waals surface area contributed by atoms with Crippen LogP contribution in [0.15, 0.2) is 30.6 Å². The van der Waals surface area contributed by atoms with Gasteiger partial charge in [-0.1, -0.05) is 0 Å². The largest absolute Gasteiger partial charge is 0.416 e. The van der Waals surface area contributed by atoms with Crippen molar-refractivity contribution in [3.63, 3.8) is 0 Å². The van der Waals surface area contributed by atoms with Gasteiger partial charge in [-0.05, 0) is 24.0 Å². The molecular formula is C17H16F6N5OS+. The highest BCUT2D eigenvalue weighted by Gasteiger charge is 2.37. The molecule has 0 saturated carbocycles. The van der Waals surface area contributed by atoms with Crippen molar-refractivity contribution in [3.05, 3.63) is 41.7 Å². The first-order valence-corrected chi connectivity index (χ1v) is 9.78. The van der Waals surface area contributed by atoms with Gasteiger partial charge in [0.1, 0.15) is 12.4 Å². The second kappa shape index (κ2) is 8.68. The number of aromatic nitrogens is 3. The van der Waals surface area contributed by atoms with E-state index in [0.717, 1.165) is 35.0 Å². The smallest absolute Gasteiger partial charge is 0.265 e. The van der Waals surface area contributed by atoms with E-state index in [1.54, 1.807) is 17.2 Å². The van der Waals surface area contributed by atoms with Gasteiger partial charge in [0.25, 0.3) is 5.91 Å². The van der Waals surface area contributed by atoms with E-state index in [1.807, 2.05) is 0 Å². The molecule has 1 aliphatic heterocycles. The lowest BCUT2D eigenvalue weighted by molar-refractivity contribution is -0.725. The number of hydrogen-bond donors (Lipinski definition) is 2. The van der Waals surface area contributed by atoms with Crippen molar-refractivity contribution in [2.24, 2.45) is 0 Å². The van der Waals surface area contributed by atoms with Crippen LogP contribution in [0.3, 0.4) is 0 Å². The first kappa shape index (κ1) is 22.2. The lowest BCUT2D eigenvalue weighted by Gasteiger charge is -2.13. The van der Waals surface area contributed by atoms with Crippen LogP contribution in [0.1, 0.15) is 17.5 Å². The summed E-state index contributed by atoms with van der Waals surface area (Å²) < 4.78 is 78.9. The summed E-state index contributed by atoms with van der Waals surface area (Å²) in [5, 5.41) is 3.83. The molecule has 30 heavy (non-hydrogen) atoms. The zero-order valence-corrected chi connectivity index (χ0v) is 16.0. The number of benzene rings is 1. The molecule has 0 aliphatic carbocycles. The Morgan fingerprint density at radius 2 is 1.83 bits per heavy atom. The fraction of sp³-hybridized carbons (Fsp3) is 0.353. The van der Waals surface area contributed by atoms with E-state index in [4.69, 9.17) is 0 Å². The number of nitrogens with zero attached hydrogens (tertiary/aromatic N) is 3. The van der Waals surface area contributed by atoms with Gasteiger partial charge < -0.3 is 0 Å². The van der Waals surface area contributed by atoms with Crippen molar-refractivity contribution >= 4 is 23.9 Å². The second-order valence-corrected chi connectivity index (χ2v) is 7.61. The highest BCUT2D eigenvalue weighted by atomic mass is 32.2. The molecule has 0 radical (unpaired) electrons. The summed E-state index contributed by atoms with van der Waals surface area (Å²) in [6.07, 6.45) is -5.57. The molecule has 162 valence electrons. The Hall–Kier alpha value is -2.54. The van der Waals surface area contributed by atoms with Gasteiger partial charge >= 0.3 is 12.4 Å². The number of halogens is 6. The van der Waals surface area contributed by atoms with Crippen molar-refractivity contribution < 1.29 is 36.6 Å². The third-order valence-corrected chi connectivity index (χ3v) is 5.35. The van der Waals surface area contributed by atoms with Gasteiger partial charge in [-0.3, -0.25) is 4.79 Å². The first-order chi connectivity index (χ1) is 14.0. The van der Waals surface area contributed by atoms with Gasteiger partial charge in [0.15, 0.2) is 5.82 Å². The van der Waals surface area contributed by atoms with Crippen LogP contribution in [0.4, 0.5) is 26.3 Å². The number of rotatable bonds is 5. The monoisotopic (exact) mass is 452 g/mol. The summed E-state index contributed by atoms with van der Waals surface area (Å²) >= 11 is 1.79. The van der Waals surface area contributed by atoms with Crippen molar-refractivity contribution in [3.8, 4) is 11.4 Å². The summed E-state index contributed by atoms with van der Waals surface area (Å²) in [5.41, 5.74) is 0.939. The number of carbonyl (C=O) groups excluding carboxylic acids is 1. The third-order valence-electron chi connectivity index (χ3n) is 4.16. The summed E-state index contributed by atoms with van der Waals surface area (Å²) in [4.78, 5) is 15.6. The quantitative estimate of drug-likeness (QED) is 0.240. The van der Waals surface area contributed by atoms with Crippen molar-refractivity contribution in [1.82, 2.24) is 20.2 Å². The zero-order valence-electron chi connectivity index (χ0n) is 15.2. The molecule has 13 heteroatoms. The van der Waals surface area contributed by atoms with E-state index in [2.05, 4.69) is 15.5 Å². The lowest BCUT2D eigenvalue weighted by atomic mass is 10.0. The third kappa shape index (κ3) is 5.75. The predicted octanol–water partition coefficient (Wildman–Crippen LogP) is 2.55. The van der Waals surface area contributed by atoms with Crippen LogP contribution < -0.4 is 10.9 Å². The van der Waals surface area contributed by atoms with E-state index in [9.17, 15) is 31.1 Å². The van der Waals surface area contributed by atoms with Gasteiger partial charge in [0.2, 0.25) is 0 Å². The standard InChI is InChI=1S/C17H15F6N5OS/c18-16(19,20)11-5-10(6-12(7-11)17(21,22)23)15-24-9-28(27-15)3-1-14(29)26-25-13-2-4-30-8-13/h1,3,5-7,9,13,25H,2,4,8H2,(H,26,29)/p+1/b3-1-. The highest BCUT2D eigenvalue weighted by molar-refractivity contribution is 7.99. The van der Waals surface area contributed by atoms with Gasteiger partial charge in [-0.25, -0.2) is 20.5 Å². The molecule has 2 heterocycles. The normalized spacial score (nSPS) is 17.6. The SMILES string of the molecule is O=C(/C=C\n1cnc(-c2cc(C(F)(F)F)cc(C(F)(F)F)c2)n1)N[NH2+]C1CCSC1. The maximum atomic E-state index is 13.0.